The number of hydrogen-bond donors (Lipinski definition) is 2. The topological polar surface area (TPSA) is 57.8 Å². The molecular weight excluding hydrogens is 305 g/mol. The van der Waals surface area contributed by atoms with Crippen LogP contribution in [0.25, 0.3) is 0 Å². The second kappa shape index (κ2) is 5.33. The minimum Gasteiger partial charge on any atom is -0.347 e. The maximum atomic E-state index is 11.8. The summed E-state index contributed by atoms with van der Waals surface area (Å²) in [6.45, 7) is 0.357. The molecule has 6 heteroatoms. The maximum Gasteiger partial charge on any atom is 0.251 e. The molecule has 0 unspecified atom stereocenters. The zero-order valence-electron chi connectivity index (χ0n) is 8.71. The van der Waals surface area contributed by atoms with Crippen LogP contribution in [0.5, 0.6) is 0 Å². The van der Waals surface area contributed by atoms with Crippen LogP contribution in [0.1, 0.15) is 16.2 Å². The van der Waals surface area contributed by atoms with E-state index in [4.69, 9.17) is 11.6 Å². The van der Waals surface area contributed by atoms with Crippen LogP contribution >= 0.6 is 27.5 Å². The molecule has 1 amide bonds. The molecule has 1 aromatic carbocycles. The summed E-state index contributed by atoms with van der Waals surface area (Å²) < 4.78 is 0.771. The first-order chi connectivity index (χ1) is 8.15. The van der Waals surface area contributed by atoms with Crippen LogP contribution in [-0.4, -0.2) is 15.9 Å². The molecule has 4 nitrogen and oxygen atoms in total. The number of imidazole rings is 1. The third-order valence-electron chi connectivity index (χ3n) is 2.10. The predicted molar refractivity (Wildman–Crippen MR) is 68.9 cm³/mol. The van der Waals surface area contributed by atoms with E-state index in [1.807, 2.05) is 0 Å². The lowest BCUT2D eigenvalue weighted by molar-refractivity contribution is 0.0950. The van der Waals surface area contributed by atoms with Gasteiger partial charge in [0.2, 0.25) is 0 Å². The van der Waals surface area contributed by atoms with Gasteiger partial charge in [0.25, 0.3) is 5.91 Å². The Hall–Kier alpha value is -1.33. The van der Waals surface area contributed by atoms with Gasteiger partial charge in [0.05, 0.1) is 6.54 Å². The maximum absolute atomic E-state index is 11.8. The lowest BCUT2D eigenvalue weighted by Gasteiger charge is -2.04. The molecular formula is C11H9BrClN3O. The summed E-state index contributed by atoms with van der Waals surface area (Å²) in [6.07, 6.45) is 3.34. The molecule has 0 bridgehead atoms. The van der Waals surface area contributed by atoms with E-state index in [0.717, 1.165) is 4.47 Å². The van der Waals surface area contributed by atoms with Gasteiger partial charge in [-0.25, -0.2) is 4.98 Å². The summed E-state index contributed by atoms with van der Waals surface area (Å²) in [5, 5.41) is 3.26. The minimum absolute atomic E-state index is 0.190. The Morgan fingerprint density at radius 3 is 2.94 bits per heavy atom. The average molecular weight is 315 g/mol. The van der Waals surface area contributed by atoms with E-state index < -0.39 is 0 Å². The number of nitrogens with one attached hydrogen (secondary N) is 2. The highest BCUT2D eigenvalue weighted by molar-refractivity contribution is 9.10. The fourth-order valence-corrected chi connectivity index (χ4v) is 2.21. The zero-order valence-corrected chi connectivity index (χ0v) is 11.0. The van der Waals surface area contributed by atoms with Crippen molar-refractivity contribution in [3.63, 3.8) is 0 Å². The molecule has 2 aromatic rings. The fourth-order valence-electron chi connectivity index (χ4n) is 1.35. The molecule has 0 fully saturated rings. The number of hydrogen-bond acceptors (Lipinski definition) is 2. The smallest absolute Gasteiger partial charge is 0.251 e. The van der Waals surface area contributed by atoms with Gasteiger partial charge >= 0.3 is 0 Å². The highest BCUT2D eigenvalue weighted by Crippen LogP contribution is 2.19. The van der Waals surface area contributed by atoms with E-state index in [1.54, 1.807) is 30.6 Å². The van der Waals surface area contributed by atoms with Gasteiger partial charge in [-0.2, -0.15) is 0 Å². The van der Waals surface area contributed by atoms with Crippen molar-refractivity contribution in [1.29, 1.82) is 0 Å². The summed E-state index contributed by atoms with van der Waals surface area (Å²) in [6, 6.07) is 5.05. The van der Waals surface area contributed by atoms with Gasteiger partial charge in [0, 0.05) is 27.5 Å². The molecule has 0 aliphatic rings. The van der Waals surface area contributed by atoms with Crippen molar-refractivity contribution in [2.45, 2.75) is 6.54 Å². The summed E-state index contributed by atoms with van der Waals surface area (Å²) in [5.41, 5.74) is 0.510. The summed E-state index contributed by atoms with van der Waals surface area (Å²) in [7, 11) is 0. The van der Waals surface area contributed by atoms with Gasteiger partial charge in [-0.3, -0.25) is 4.79 Å². The number of carbonyl (C=O) groups excluding carboxylic acids is 1. The van der Waals surface area contributed by atoms with Crippen molar-refractivity contribution in [3.8, 4) is 0 Å². The van der Waals surface area contributed by atoms with Crippen molar-refractivity contribution >= 4 is 33.4 Å². The first-order valence-corrected chi connectivity index (χ1v) is 6.05. The molecule has 0 saturated heterocycles. The standard InChI is InChI=1S/C11H9BrClN3O/c12-8-3-7(4-9(13)5-8)11(17)16-6-10-14-1-2-15-10/h1-5H,6H2,(H,14,15)(H,16,17). The average Bonchev–Trinajstić information content (AvgIpc) is 2.77. The van der Waals surface area contributed by atoms with Crippen LogP contribution in [0, 0.1) is 0 Å². The third-order valence-corrected chi connectivity index (χ3v) is 2.77. The summed E-state index contributed by atoms with van der Waals surface area (Å²) in [4.78, 5) is 18.7. The molecule has 0 aliphatic carbocycles. The third kappa shape index (κ3) is 3.31. The molecule has 2 rings (SSSR count). The number of H-pyrrole nitrogens is 1. The molecule has 0 saturated carbocycles. The molecule has 1 heterocycles. The van der Waals surface area contributed by atoms with Crippen LogP contribution in [0.2, 0.25) is 5.02 Å². The van der Waals surface area contributed by atoms with Gasteiger partial charge in [-0.05, 0) is 18.2 Å². The minimum atomic E-state index is -0.190. The van der Waals surface area contributed by atoms with Crippen LogP contribution in [0.15, 0.2) is 35.1 Å². The van der Waals surface area contributed by atoms with Gasteiger partial charge in [-0.1, -0.05) is 27.5 Å². The Kier molecular flexibility index (Phi) is 3.81. The van der Waals surface area contributed by atoms with E-state index in [2.05, 4.69) is 31.2 Å². The molecule has 0 spiro atoms. The lowest BCUT2D eigenvalue weighted by Crippen LogP contribution is -2.23. The first kappa shape index (κ1) is 12.1. The van der Waals surface area contributed by atoms with Gasteiger partial charge in [0.1, 0.15) is 5.82 Å². The van der Waals surface area contributed by atoms with Crippen LogP contribution in [0.4, 0.5) is 0 Å². The number of benzene rings is 1. The van der Waals surface area contributed by atoms with Crippen molar-refractivity contribution in [3.05, 3.63) is 51.5 Å². The van der Waals surface area contributed by atoms with Crippen LogP contribution < -0.4 is 5.32 Å². The predicted octanol–water partition coefficient (Wildman–Crippen LogP) is 2.76. The first-order valence-electron chi connectivity index (χ1n) is 4.88. The number of aromatic nitrogens is 2. The number of amides is 1. The van der Waals surface area contributed by atoms with Gasteiger partial charge in [-0.15, -0.1) is 0 Å². The van der Waals surface area contributed by atoms with Crippen LogP contribution in [-0.2, 0) is 6.54 Å². The highest BCUT2D eigenvalue weighted by atomic mass is 79.9. The van der Waals surface area contributed by atoms with E-state index >= 15 is 0 Å². The molecule has 0 aliphatic heterocycles. The Bertz CT molecular complexity index is 507. The number of halogens is 2. The molecule has 88 valence electrons. The summed E-state index contributed by atoms with van der Waals surface area (Å²) in [5.74, 6) is 0.518. The second-order valence-electron chi connectivity index (χ2n) is 3.38. The van der Waals surface area contributed by atoms with E-state index in [9.17, 15) is 4.79 Å². The molecule has 0 atom stereocenters. The number of rotatable bonds is 3. The molecule has 0 radical (unpaired) electrons. The second-order valence-corrected chi connectivity index (χ2v) is 4.73. The Morgan fingerprint density at radius 1 is 1.47 bits per heavy atom. The van der Waals surface area contributed by atoms with Crippen molar-refractivity contribution in [2.24, 2.45) is 0 Å². The van der Waals surface area contributed by atoms with Crippen LogP contribution in [0.3, 0.4) is 0 Å². The Labute approximate surface area is 112 Å². The number of aromatic amines is 1. The number of nitrogens with zero attached hydrogens (tertiary/aromatic N) is 1. The Balaban J connectivity index is 2.04. The molecule has 17 heavy (non-hydrogen) atoms. The van der Waals surface area contributed by atoms with Crippen molar-refractivity contribution in [2.75, 3.05) is 0 Å². The van der Waals surface area contributed by atoms with Crippen molar-refractivity contribution < 1.29 is 4.79 Å². The monoisotopic (exact) mass is 313 g/mol. The van der Waals surface area contributed by atoms with E-state index in [1.165, 1.54) is 0 Å². The normalized spacial score (nSPS) is 10.2. The molecule has 1 aromatic heterocycles. The number of carbonyl (C=O) groups is 1. The van der Waals surface area contributed by atoms with Gasteiger partial charge < -0.3 is 10.3 Å². The zero-order chi connectivity index (χ0) is 12.3. The van der Waals surface area contributed by atoms with Crippen molar-refractivity contribution in [1.82, 2.24) is 15.3 Å². The SMILES string of the molecule is O=C(NCc1ncc[nH]1)c1cc(Cl)cc(Br)c1. The Morgan fingerprint density at radius 2 is 2.29 bits per heavy atom. The van der Waals surface area contributed by atoms with E-state index in [-0.39, 0.29) is 5.91 Å². The largest absolute Gasteiger partial charge is 0.347 e. The van der Waals surface area contributed by atoms with Gasteiger partial charge in [0.15, 0.2) is 0 Å². The van der Waals surface area contributed by atoms with E-state index in [0.29, 0.717) is 23.0 Å². The highest BCUT2D eigenvalue weighted by Gasteiger charge is 2.07. The fraction of sp³-hybridized carbons (Fsp3) is 0.0909. The summed E-state index contributed by atoms with van der Waals surface area (Å²) >= 11 is 9.15. The lowest BCUT2D eigenvalue weighted by atomic mass is 10.2. The molecule has 2 N–H and O–H groups in total. The quantitative estimate of drug-likeness (QED) is 0.915.